The van der Waals surface area contributed by atoms with E-state index in [1.807, 2.05) is 0 Å². The molecule has 3 aliphatic rings. The minimum Gasteiger partial charge on any atom is -0.179 e. The fourth-order valence-electron chi connectivity index (χ4n) is 4.80. The lowest BCUT2D eigenvalue weighted by molar-refractivity contribution is 0.270. The number of fused-ring (bicyclic) bond motifs is 5. The molecule has 0 aromatic carbocycles. The topological polar surface area (TPSA) is 0 Å². The Bertz CT molecular complexity index is 283. The van der Waals surface area contributed by atoms with Crippen LogP contribution < -0.4 is 0 Å². The number of hydrogen-bond donors (Lipinski definition) is 2. The molecule has 0 aliphatic heterocycles. The van der Waals surface area contributed by atoms with Crippen LogP contribution in [-0.2, 0) is 0 Å². The van der Waals surface area contributed by atoms with Crippen LogP contribution in [0.4, 0.5) is 0 Å². The predicted molar refractivity (Wildman–Crippen MR) is 92.6 cm³/mol. The maximum atomic E-state index is 4.37. The zero-order chi connectivity index (χ0) is 12.5. The lowest BCUT2D eigenvalue weighted by Crippen LogP contribution is -2.30. The highest BCUT2D eigenvalue weighted by Crippen LogP contribution is 2.63. The molecule has 0 heterocycles. The van der Waals surface area contributed by atoms with E-state index >= 15 is 0 Å². The van der Waals surface area contributed by atoms with Gasteiger partial charge in [-0.1, -0.05) is 0 Å². The fourth-order valence-corrected chi connectivity index (χ4v) is 8.14. The molecule has 3 rings (SSSR count). The second-order valence-electron chi connectivity index (χ2n) is 5.98. The summed E-state index contributed by atoms with van der Waals surface area (Å²) in [5, 5.41) is 1.96. The number of rotatable bonds is 6. The van der Waals surface area contributed by atoms with Crippen LogP contribution in [0.2, 0.25) is 0 Å². The summed E-state index contributed by atoms with van der Waals surface area (Å²) < 4.78 is 0. The van der Waals surface area contributed by atoms with Gasteiger partial charge in [-0.3, -0.25) is 0 Å². The van der Waals surface area contributed by atoms with Gasteiger partial charge in [-0.25, -0.2) is 0 Å². The van der Waals surface area contributed by atoms with E-state index in [2.05, 4.69) is 48.8 Å². The summed E-state index contributed by atoms with van der Waals surface area (Å²) in [5.74, 6) is 8.90. The van der Waals surface area contributed by atoms with Crippen molar-refractivity contribution < 1.29 is 0 Å². The van der Waals surface area contributed by atoms with Crippen LogP contribution in [-0.4, -0.2) is 33.5 Å². The predicted octanol–water partition coefficient (Wildman–Crippen LogP) is 4.12. The molecule has 104 valence electrons. The molecule has 6 unspecified atom stereocenters. The Kier molecular flexibility index (Phi) is 5.14. The number of thioether (sulfide) groups is 2. The van der Waals surface area contributed by atoms with E-state index in [9.17, 15) is 0 Å². The third-order valence-corrected chi connectivity index (χ3v) is 9.12. The molecule has 0 N–H and O–H groups in total. The highest BCUT2D eigenvalue weighted by atomic mass is 32.2. The van der Waals surface area contributed by atoms with Gasteiger partial charge < -0.3 is 0 Å². The van der Waals surface area contributed by atoms with E-state index < -0.39 is 0 Å². The molecule has 4 heteroatoms. The average Bonchev–Trinajstić information content (AvgIpc) is 3.05. The first kappa shape index (κ1) is 14.3. The molecular weight excluding hydrogens is 296 g/mol. The zero-order valence-electron chi connectivity index (χ0n) is 10.8. The Hall–Kier alpha value is 1.40. The van der Waals surface area contributed by atoms with Crippen molar-refractivity contribution in [1.29, 1.82) is 0 Å². The Labute approximate surface area is 131 Å². The average molecular weight is 321 g/mol. The Morgan fingerprint density at radius 3 is 2.28 bits per heavy atom. The minimum atomic E-state index is 0.980. The van der Waals surface area contributed by atoms with Crippen molar-refractivity contribution in [2.75, 3.05) is 23.0 Å². The summed E-state index contributed by atoms with van der Waals surface area (Å²) in [5.41, 5.74) is 0. The first-order valence-corrected chi connectivity index (χ1v) is 10.7. The molecule has 3 saturated carbocycles. The van der Waals surface area contributed by atoms with E-state index in [1.165, 1.54) is 30.8 Å². The fraction of sp³-hybridized carbons (Fsp3) is 1.00. The molecule has 18 heavy (non-hydrogen) atoms. The van der Waals surface area contributed by atoms with Crippen LogP contribution in [0.3, 0.4) is 0 Å². The van der Waals surface area contributed by atoms with Gasteiger partial charge in [0.05, 0.1) is 0 Å². The van der Waals surface area contributed by atoms with E-state index in [1.54, 1.807) is 6.42 Å². The first-order valence-electron chi connectivity index (χ1n) is 7.30. The van der Waals surface area contributed by atoms with Gasteiger partial charge in [-0.05, 0) is 60.9 Å². The molecule has 0 aromatic rings. The maximum Gasteiger partial charge on any atom is 0.00812 e. The lowest BCUT2D eigenvalue weighted by atomic mass is 9.81. The Morgan fingerprint density at radius 1 is 0.833 bits per heavy atom. The largest absolute Gasteiger partial charge is 0.179 e. The minimum absolute atomic E-state index is 0.980. The van der Waals surface area contributed by atoms with Gasteiger partial charge in [-0.15, -0.1) is 0 Å². The smallest absolute Gasteiger partial charge is 0.00812 e. The lowest BCUT2D eigenvalue weighted by Gasteiger charge is -2.33. The molecule has 0 nitrogen and oxygen atoms in total. The normalized spacial score (nSPS) is 45.7. The highest BCUT2D eigenvalue weighted by Gasteiger charge is 2.56. The summed E-state index contributed by atoms with van der Waals surface area (Å²) in [6, 6.07) is 0. The van der Waals surface area contributed by atoms with Crippen LogP contribution in [0.1, 0.15) is 25.7 Å². The van der Waals surface area contributed by atoms with Crippen molar-refractivity contribution >= 4 is 48.8 Å². The van der Waals surface area contributed by atoms with E-state index in [0.29, 0.717) is 0 Å². The van der Waals surface area contributed by atoms with Crippen LogP contribution in [0.5, 0.6) is 0 Å². The third-order valence-electron chi connectivity index (χ3n) is 5.24. The van der Waals surface area contributed by atoms with E-state index in [4.69, 9.17) is 0 Å². The van der Waals surface area contributed by atoms with Gasteiger partial charge in [0.25, 0.3) is 0 Å². The van der Waals surface area contributed by atoms with Gasteiger partial charge in [0.1, 0.15) is 0 Å². The molecule has 3 fully saturated rings. The molecular formula is C14H24S4. The van der Waals surface area contributed by atoms with Crippen LogP contribution in [0, 0.1) is 23.7 Å². The Balaban J connectivity index is 1.59. The molecule has 0 saturated heterocycles. The standard InChI is InChI=1S/C14H24S4/c15-3-5-17-12-2-1-10-11-7-9(14(10)12)8-13(11)18-6-4-16/h9-16H,1-8H2. The van der Waals surface area contributed by atoms with Crippen LogP contribution >= 0.6 is 48.8 Å². The number of thiol groups is 2. The second kappa shape index (κ2) is 6.44. The second-order valence-corrected chi connectivity index (χ2v) is 9.57. The molecule has 6 atom stereocenters. The van der Waals surface area contributed by atoms with E-state index in [-0.39, 0.29) is 0 Å². The molecule has 0 amide bonds. The summed E-state index contributed by atoms with van der Waals surface area (Å²) >= 11 is 13.2. The molecule has 0 aromatic heterocycles. The third kappa shape index (κ3) is 2.60. The summed E-state index contributed by atoms with van der Waals surface area (Å²) in [6.07, 6.45) is 6.08. The highest BCUT2D eigenvalue weighted by molar-refractivity contribution is 8.00. The van der Waals surface area contributed by atoms with E-state index in [0.717, 1.165) is 45.7 Å². The van der Waals surface area contributed by atoms with Gasteiger partial charge in [0.15, 0.2) is 0 Å². The summed E-state index contributed by atoms with van der Waals surface area (Å²) in [6.45, 7) is 0. The van der Waals surface area contributed by atoms with Crippen molar-refractivity contribution in [1.82, 2.24) is 0 Å². The molecule has 0 radical (unpaired) electrons. The zero-order valence-corrected chi connectivity index (χ0v) is 14.3. The first-order chi connectivity index (χ1) is 8.85. The van der Waals surface area contributed by atoms with Gasteiger partial charge >= 0.3 is 0 Å². The quantitative estimate of drug-likeness (QED) is 0.707. The number of hydrogen-bond acceptors (Lipinski definition) is 4. The van der Waals surface area contributed by atoms with Gasteiger partial charge in [0, 0.05) is 22.0 Å². The van der Waals surface area contributed by atoms with Crippen molar-refractivity contribution in [3.05, 3.63) is 0 Å². The van der Waals surface area contributed by atoms with Crippen molar-refractivity contribution in [2.24, 2.45) is 23.7 Å². The van der Waals surface area contributed by atoms with Gasteiger partial charge in [0.2, 0.25) is 0 Å². The van der Waals surface area contributed by atoms with Crippen molar-refractivity contribution in [2.45, 2.75) is 36.2 Å². The summed E-state index contributed by atoms with van der Waals surface area (Å²) in [7, 11) is 0. The van der Waals surface area contributed by atoms with Crippen LogP contribution in [0.25, 0.3) is 0 Å². The van der Waals surface area contributed by atoms with Gasteiger partial charge in [-0.2, -0.15) is 48.8 Å². The monoisotopic (exact) mass is 320 g/mol. The molecule has 3 aliphatic carbocycles. The SMILES string of the molecule is SCCSC1CC2CC1C1CCC(SCCS)C21. The molecule has 2 bridgehead atoms. The molecule has 0 spiro atoms. The van der Waals surface area contributed by atoms with Crippen LogP contribution in [0.15, 0.2) is 0 Å². The van der Waals surface area contributed by atoms with Crippen molar-refractivity contribution in [3.63, 3.8) is 0 Å². The maximum absolute atomic E-state index is 4.37. The summed E-state index contributed by atoms with van der Waals surface area (Å²) in [4.78, 5) is 0. The Morgan fingerprint density at radius 2 is 1.56 bits per heavy atom. The van der Waals surface area contributed by atoms with Crippen molar-refractivity contribution in [3.8, 4) is 0 Å².